The van der Waals surface area contributed by atoms with Gasteiger partial charge >= 0.3 is 5.97 Å². The molecule has 2 nitrogen and oxygen atoms in total. The number of halogens is 1. The van der Waals surface area contributed by atoms with Crippen LogP contribution in [0.4, 0.5) is 0 Å². The molecule has 1 aromatic carbocycles. The second-order valence-electron chi connectivity index (χ2n) is 5.84. The first kappa shape index (κ1) is 15.6. The predicted octanol–water partition coefficient (Wildman–Crippen LogP) is 5.32. The van der Waals surface area contributed by atoms with E-state index >= 15 is 0 Å². The topological polar surface area (TPSA) is 37.3 Å². The van der Waals surface area contributed by atoms with E-state index in [0.29, 0.717) is 11.8 Å². The van der Waals surface area contributed by atoms with E-state index in [0.717, 1.165) is 17.3 Å². The van der Waals surface area contributed by atoms with Crippen molar-refractivity contribution in [1.82, 2.24) is 0 Å². The van der Waals surface area contributed by atoms with Gasteiger partial charge in [0.05, 0.1) is 6.42 Å². The largest absolute Gasteiger partial charge is 0.481 e. The van der Waals surface area contributed by atoms with Gasteiger partial charge in [0, 0.05) is 4.47 Å². The van der Waals surface area contributed by atoms with Crippen molar-refractivity contribution >= 4 is 21.9 Å². The van der Waals surface area contributed by atoms with Crippen LogP contribution in [0.15, 0.2) is 22.7 Å². The summed E-state index contributed by atoms with van der Waals surface area (Å²) in [7, 11) is 0. The maximum Gasteiger partial charge on any atom is 0.303 e. The molecule has 1 aromatic rings. The lowest BCUT2D eigenvalue weighted by Gasteiger charge is -2.19. The highest BCUT2D eigenvalue weighted by Gasteiger charge is 2.34. The van der Waals surface area contributed by atoms with Gasteiger partial charge in [-0.05, 0) is 60.6 Å². The number of carboxylic acids is 1. The highest BCUT2D eigenvalue weighted by atomic mass is 79.9. The monoisotopic (exact) mass is 338 g/mol. The highest BCUT2D eigenvalue weighted by Crippen LogP contribution is 2.45. The molecule has 20 heavy (non-hydrogen) atoms. The first-order chi connectivity index (χ1) is 9.56. The van der Waals surface area contributed by atoms with Crippen LogP contribution in [0.25, 0.3) is 0 Å². The minimum absolute atomic E-state index is 0.180. The van der Waals surface area contributed by atoms with E-state index in [2.05, 4.69) is 48.0 Å². The van der Waals surface area contributed by atoms with Crippen LogP contribution < -0.4 is 0 Å². The number of aliphatic carboxylic acids is 1. The van der Waals surface area contributed by atoms with Crippen LogP contribution in [0.3, 0.4) is 0 Å². The van der Waals surface area contributed by atoms with Crippen LogP contribution in [0, 0.1) is 5.92 Å². The molecule has 0 aromatic heterocycles. The summed E-state index contributed by atoms with van der Waals surface area (Å²) in [5.74, 6) is 0.635. The van der Waals surface area contributed by atoms with E-state index in [9.17, 15) is 4.79 Å². The van der Waals surface area contributed by atoms with Crippen molar-refractivity contribution in [2.45, 2.75) is 57.8 Å². The zero-order chi connectivity index (χ0) is 14.7. The maximum absolute atomic E-state index is 11.1. The Labute approximate surface area is 129 Å². The Kier molecular flexibility index (Phi) is 5.25. The van der Waals surface area contributed by atoms with E-state index in [1.807, 2.05) is 0 Å². The van der Waals surface area contributed by atoms with Crippen LogP contribution in [0.5, 0.6) is 0 Å². The summed E-state index contributed by atoms with van der Waals surface area (Å²) in [6.45, 7) is 4.43. The van der Waals surface area contributed by atoms with Crippen LogP contribution in [-0.4, -0.2) is 11.1 Å². The Morgan fingerprint density at radius 1 is 1.35 bits per heavy atom. The molecular weight excluding hydrogens is 316 g/mol. The third kappa shape index (κ3) is 3.63. The molecule has 1 atom stereocenters. The Balaban J connectivity index is 2.24. The SMILES string of the molecule is CCC(CC)c1ccc(C(CC(=O)O)C2CC2)cc1Br. The molecule has 0 bridgehead atoms. The number of rotatable bonds is 7. The fraction of sp³-hybridized carbons (Fsp3) is 0.588. The summed E-state index contributed by atoms with van der Waals surface area (Å²) >= 11 is 3.69. The Bertz CT molecular complexity index is 476. The molecule has 1 aliphatic carbocycles. The molecule has 0 saturated heterocycles. The van der Waals surface area contributed by atoms with Crippen LogP contribution in [0.1, 0.15) is 68.9 Å². The molecule has 0 spiro atoms. The molecule has 2 rings (SSSR count). The zero-order valence-electron chi connectivity index (χ0n) is 12.2. The summed E-state index contributed by atoms with van der Waals surface area (Å²) in [5, 5.41) is 9.10. The first-order valence-electron chi connectivity index (χ1n) is 7.57. The summed E-state index contributed by atoms with van der Waals surface area (Å²) in [6.07, 6.45) is 4.86. The molecule has 0 amide bonds. The van der Waals surface area contributed by atoms with Crippen molar-refractivity contribution in [2.24, 2.45) is 5.92 Å². The van der Waals surface area contributed by atoms with Crippen LogP contribution in [0.2, 0.25) is 0 Å². The average molecular weight is 339 g/mol. The molecule has 0 heterocycles. The smallest absolute Gasteiger partial charge is 0.303 e. The summed E-state index contributed by atoms with van der Waals surface area (Å²) in [4.78, 5) is 11.1. The second-order valence-corrected chi connectivity index (χ2v) is 6.69. The zero-order valence-corrected chi connectivity index (χ0v) is 13.8. The van der Waals surface area contributed by atoms with Crippen molar-refractivity contribution < 1.29 is 9.90 Å². The number of hydrogen-bond donors (Lipinski definition) is 1. The predicted molar refractivity (Wildman–Crippen MR) is 85.2 cm³/mol. The number of carbonyl (C=O) groups is 1. The van der Waals surface area contributed by atoms with E-state index in [1.165, 1.54) is 24.0 Å². The molecule has 1 fully saturated rings. The number of carboxylic acid groups (broad SMARTS) is 1. The van der Waals surface area contributed by atoms with Crippen molar-refractivity contribution in [1.29, 1.82) is 0 Å². The molecule has 110 valence electrons. The fourth-order valence-electron chi connectivity index (χ4n) is 3.08. The van der Waals surface area contributed by atoms with Crippen molar-refractivity contribution in [3.63, 3.8) is 0 Å². The van der Waals surface area contributed by atoms with Crippen molar-refractivity contribution in [2.75, 3.05) is 0 Å². The minimum atomic E-state index is -0.693. The fourth-order valence-corrected chi connectivity index (χ4v) is 3.80. The Morgan fingerprint density at radius 3 is 2.45 bits per heavy atom. The van der Waals surface area contributed by atoms with E-state index < -0.39 is 5.97 Å². The van der Waals surface area contributed by atoms with Crippen LogP contribution in [-0.2, 0) is 4.79 Å². The number of hydrogen-bond acceptors (Lipinski definition) is 1. The molecule has 3 heteroatoms. The summed E-state index contributed by atoms with van der Waals surface area (Å²) < 4.78 is 1.14. The second kappa shape index (κ2) is 6.75. The minimum Gasteiger partial charge on any atom is -0.481 e. The van der Waals surface area contributed by atoms with E-state index in [4.69, 9.17) is 5.11 Å². The van der Waals surface area contributed by atoms with Gasteiger partial charge < -0.3 is 5.11 Å². The van der Waals surface area contributed by atoms with Gasteiger partial charge in [-0.15, -0.1) is 0 Å². The van der Waals surface area contributed by atoms with Gasteiger partial charge in [0.2, 0.25) is 0 Å². The summed E-state index contributed by atoms with van der Waals surface area (Å²) in [6, 6.07) is 6.48. The van der Waals surface area contributed by atoms with Gasteiger partial charge in [-0.25, -0.2) is 0 Å². The Morgan fingerprint density at radius 2 is 2.00 bits per heavy atom. The van der Waals surface area contributed by atoms with E-state index in [-0.39, 0.29) is 12.3 Å². The van der Waals surface area contributed by atoms with Gasteiger partial charge in [0.25, 0.3) is 0 Å². The maximum atomic E-state index is 11.1. The van der Waals surface area contributed by atoms with Gasteiger partial charge in [0.1, 0.15) is 0 Å². The lowest BCUT2D eigenvalue weighted by atomic mass is 9.87. The standard InChI is InChI=1S/C17H23BrO2/c1-3-11(4-2)14-8-7-13(9-16(14)18)15(10-17(19)20)12-5-6-12/h7-9,11-12,15H,3-6,10H2,1-2H3,(H,19,20). The molecule has 1 aliphatic rings. The molecule has 0 aliphatic heterocycles. The normalized spacial score (nSPS) is 16.4. The highest BCUT2D eigenvalue weighted by molar-refractivity contribution is 9.10. The molecule has 1 N–H and O–H groups in total. The molecule has 1 unspecified atom stereocenters. The van der Waals surface area contributed by atoms with Crippen LogP contribution >= 0.6 is 15.9 Å². The number of benzene rings is 1. The molecular formula is C17H23BrO2. The third-order valence-electron chi connectivity index (χ3n) is 4.46. The van der Waals surface area contributed by atoms with Gasteiger partial charge in [-0.1, -0.05) is 41.9 Å². The first-order valence-corrected chi connectivity index (χ1v) is 8.37. The Hall–Kier alpha value is -0.830. The third-order valence-corrected chi connectivity index (χ3v) is 5.15. The van der Waals surface area contributed by atoms with Crippen molar-refractivity contribution in [3.05, 3.63) is 33.8 Å². The van der Waals surface area contributed by atoms with Crippen molar-refractivity contribution in [3.8, 4) is 0 Å². The average Bonchev–Trinajstić information content (AvgIpc) is 3.23. The lowest BCUT2D eigenvalue weighted by molar-refractivity contribution is -0.137. The molecule has 1 saturated carbocycles. The van der Waals surface area contributed by atoms with Gasteiger partial charge in [0.15, 0.2) is 0 Å². The molecule has 0 radical (unpaired) electrons. The van der Waals surface area contributed by atoms with E-state index in [1.54, 1.807) is 0 Å². The lowest BCUT2D eigenvalue weighted by Crippen LogP contribution is -2.09. The van der Waals surface area contributed by atoms with Gasteiger partial charge in [-0.3, -0.25) is 4.79 Å². The quantitative estimate of drug-likeness (QED) is 0.730. The van der Waals surface area contributed by atoms with Gasteiger partial charge in [-0.2, -0.15) is 0 Å². The summed E-state index contributed by atoms with van der Waals surface area (Å²) in [5.41, 5.74) is 2.53.